The minimum Gasteiger partial charge on any atom is -0.325 e. The summed E-state index contributed by atoms with van der Waals surface area (Å²) in [4.78, 5) is 12.1. The van der Waals surface area contributed by atoms with E-state index in [9.17, 15) is 18.0 Å². The molecule has 1 unspecified atom stereocenters. The van der Waals surface area contributed by atoms with Crippen LogP contribution in [0.25, 0.3) is 0 Å². The Morgan fingerprint density at radius 3 is 2.76 bits per heavy atom. The minimum atomic E-state index is -4.41. The standard InChI is InChI=1S/C15H19F3N2O/c1-10-6-7-11(9-12(10)15(16,17)18)20-14(21)13-5-3-2-4-8-19-13/h6-7,9,13,19H,2-5,8H2,1H3,(H,20,21). The van der Waals surface area contributed by atoms with E-state index in [1.807, 2.05) is 0 Å². The van der Waals surface area contributed by atoms with Crippen LogP contribution in [0.4, 0.5) is 18.9 Å². The second-order valence-corrected chi connectivity index (χ2v) is 5.37. The van der Waals surface area contributed by atoms with Crippen LogP contribution >= 0.6 is 0 Å². The molecule has 21 heavy (non-hydrogen) atoms. The van der Waals surface area contributed by atoms with E-state index in [0.717, 1.165) is 31.9 Å². The molecule has 116 valence electrons. The van der Waals surface area contributed by atoms with Crippen molar-refractivity contribution in [3.05, 3.63) is 29.3 Å². The molecule has 1 aliphatic heterocycles. The number of anilines is 1. The Morgan fingerprint density at radius 1 is 1.29 bits per heavy atom. The van der Waals surface area contributed by atoms with Crippen LogP contribution in [0.3, 0.4) is 0 Å². The lowest BCUT2D eigenvalue weighted by atomic mass is 10.1. The maximum atomic E-state index is 12.8. The van der Waals surface area contributed by atoms with Gasteiger partial charge in [0, 0.05) is 5.69 Å². The maximum Gasteiger partial charge on any atom is 0.416 e. The van der Waals surface area contributed by atoms with Crippen molar-refractivity contribution < 1.29 is 18.0 Å². The Hall–Kier alpha value is -1.56. The molecule has 1 aliphatic rings. The second kappa shape index (κ2) is 6.47. The molecule has 1 aromatic carbocycles. The molecule has 1 atom stereocenters. The lowest BCUT2D eigenvalue weighted by Gasteiger charge is -2.17. The molecule has 0 aliphatic carbocycles. The third-order valence-corrected chi connectivity index (χ3v) is 3.69. The van der Waals surface area contributed by atoms with E-state index in [1.165, 1.54) is 19.1 Å². The molecule has 0 aromatic heterocycles. The average Bonchev–Trinajstić information content (AvgIpc) is 2.68. The van der Waals surface area contributed by atoms with Gasteiger partial charge in [-0.1, -0.05) is 18.9 Å². The number of nitrogens with one attached hydrogen (secondary N) is 2. The number of rotatable bonds is 2. The first kappa shape index (κ1) is 15.8. The van der Waals surface area contributed by atoms with Crippen LogP contribution in [0.1, 0.15) is 36.8 Å². The van der Waals surface area contributed by atoms with Crippen molar-refractivity contribution in [1.82, 2.24) is 5.32 Å². The van der Waals surface area contributed by atoms with Crippen LogP contribution in [-0.2, 0) is 11.0 Å². The summed E-state index contributed by atoms with van der Waals surface area (Å²) in [6.45, 7) is 2.17. The van der Waals surface area contributed by atoms with E-state index >= 15 is 0 Å². The predicted molar refractivity (Wildman–Crippen MR) is 75.1 cm³/mol. The molecule has 6 heteroatoms. The van der Waals surface area contributed by atoms with Crippen LogP contribution in [0.15, 0.2) is 18.2 Å². The van der Waals surface area contributed by atoms with Crippen LogP contribution in [0.5, 0.6) is 0 Å². The fraction of sp³-hybridized carbons (Fsp3) is 0.533. The van der Waals surface area contributed by atoms with E-state index in [4.69, 9.17) is 0 Å². The molecular weight excluding hydrogens is 281 g/mol. The van der Waals surface area contributed by atoms with E-state index < -0.39 is 11.7 Å². The molecule has 1 saturated heterocycles. The summed E-state index contributed by atoms with van der Waals surface area (Å²) in [5, 5.41) is 5.70. The molecule has 2 rings (SSSR count). The molecule has 3 nitrogen and oxygen atoms in total. The Labute approximate surface area is 121 Å². The van der Waals surface area contributed by atoms with E-state index in [0.29, 0.717) is 6.42 Å². The zero-order valence-corrected chi connectivity index (χ0v) is 11.9. The van der Waals surface area contributed by atoms with E-state index in [2.05, 4.69) is 10.6 Å². The molecular formula is C15H19F3N2O. The van der Waals surface area contributed by atoms with Gasteiger partial charge in [-0.2, -0.15) is 13.2 Å². The third-order valence-electron chi connectivity index (χ3n) is 3.69. The van der Waals surface area contributed by atoms with Gasteiger partial charge in [-0.25, -0.2) is 0 Å². The van der Waals surface area contributed by atoms with Gasteiger partial charge in [0.05, 0.1) is 11.6 Å². The number of amides is 1. The van der Waals surface area contributed by atoms with Crippen LogP contribution < -0.4 is 10.6 Å². The van der Waals surface area contributed by atoms with Crippen LogP contribution in [0.2, 0.25) is 0 Å². The first-order valence-electron chi connectivity index (χ1n) is 7.10. The summed E-state index contributed by atoms with van der Waals surface area (Å²) in [6, 6.07) is 3.53. The highest BCUT2D eigenvalue weighted by atomic mass is 19.4. The number of halogens is 3. The van der Waals surface area contributed by atoms with Crippen molar-refractivity contribution in [3.8, 4) is 0 Å². The largest absolute Gasteiger partial charge is 0.416 e. The van der Waals surface area contributed by atoms with Gasteiger partial charge < -0.3 is 10.6 Å². The molecule has 1 amide bonds. The Morgan fingerprint density at radius 2 is 2.05 bits per heavy atom. The van der Waals surface area contributed by atoms with Crippen molar-refractivity contribution in [2.45, 2.75) is 44.8 Å². The van der Waals surface area contributed by atoms with Gasteiger partial charge in [-0.15, -0.1) is 0 Å². The van der Waals surface area contributed by atoms with Crippen molar-refractivity contribution in [2.24, 2.45) is 0 Å². The number of carbonyl (C=O) groups excluding carboxylic acids is 1. The molecule has 1 heterocycles. The van der Waals surface area contributed by atoms with Gasteiger partial charge in [0.15, 0.2) is 0 Å². The fourth-order valence-corrected chi connectivity index (χ4v) is 2.49. The monoisotopic (exact) mass is 300 g/mol. The van der Waals surface area contributed by atoms with Gasteiger partial charge >= 0.3 is 6.18 Å². The van der Waals surface area contributed by atoms with Crippen LogP contribution in [0, 0.1) is 6.92 Å². The van der Waals surface area contributed by atoms with Crippen molar-refractivity contribution in [2.75, 3.05) is 11.9 Å². The second-order valence-electron chi connectivity index (χ2n) is 5.37. The summed E-state index contributed by atoms with van der Waals surface area (Å²) >= 11 is 0. The van der Waals surface area contributed by atoms with Gasteiger partial charge in [-0.05, 0) is 44.0 Å². The maximum absolute atomic E-state index is 12.8. The smallest absolute Gasteiger partial charge is 0.325 e. The molecule has 0 spiro atoms. The highest BCUT2D eigenvalue weighted by molar-refractivity contribution is 5.95. The van der Waals surface area contributed by atoms with Gasteiger partial charge in [0.25, 0.3) is 0 Å². The molecule has 1 aromatic rings. The summed E-state index contributed by atoms with van der Waals surface area (Å²) in [5.41, 5.74) is -0.383. The minimum absolute atomic E-state index is 0.146. The number of alkyl halides is 3. The number of carbonyl (C=O) groups is 1. The number of benzene rings is 1. The van der Waals surface area contributed by atoms with Gasteiger partial charge in [-0.3, -0.25) is 4.79 Å². The molecule has 0 radical (unpaired) electrons. The highest BCUT2D eigenvalue weighted by Gasteiger charge is 2.32. The fourth-order valence-electron chi connectivity index (χ4n) is 2.49. The molecule has 0 bridgehead atoms. The number of hydrogen-bond acceptors (Lipinski definition) is 2. The van der Waals surface area contributed by atoms with Crippen LogP contribution in [-0.4, -0.2) is 18.5 Å². The Kier molecular flexibility index (Phi) is 4.88. The number of hydrogen-bond donors (Lipinski definition) is 2. The quantitative estimate of drug-likeness (QED) is 0.878. The SMILES string of the molecule is Cc1ccc(NC(=O)C2CCCCCN2)cc1C(F)(F)F. The Bertz CT molecular complexity index is 506. The summed E-state index contributed by atoms with van der Waals surface area (Å²) in [7, 11) is 0. The number of aryl methyl sites for hydroxylation is 1. The lowest BCUT2D eigenvalue weighted by Crippen LogP contribution is -2.39. The summed E-state index contributed by atoms with van der Waals surface area (Å²) in [6.07, 6.45) is -0.659. The van der Waals surface area contributed by atoms with Gasteiger partial charge in [0.2, 0.25) is 5.91 Å². The van der Waals surface area contributed by atoms with Gasteiger partial charge in [0.1, 0.15) is 0 Å². The first-order chi connectivity index (χ1) is 9.88. The molecule has 0 saturated carbocycles. The van der Waals surface area contributed by atoms with Crippen molar-refractivity contribution in [3.63, 3.8) is 0 Å². The predicted octanol–water partition coefficient (Wildman–Crippen LogP) is 3.48. The van der Waals surface area contributed by atoms with Crippen molar-refractivity contribution in [1.29, 1.82) is 0 Å². The summed E-state index contributed by atoms with van der Waals surface area (Å²) in [5.74, 6) is -0.270. The van der Waals surface area contributed by atoms with Crippen molar-refractivity contribution >= 4 is 11.6 Å². The zero-order valence-electron chi connectivity index (χ0n) is 11.9. The van der Waals surface area contributed by atoms with E-state index in [-0.39, 0.29) is 23.2 Å². The Balaban J connectivity index is 2.10. The molecule has 2 N–H and O–H groups in total. The zero-order chi connectivity index (χ0) is 15.5. The average molecular weight is 300 g/mol. The normalized spacial score (nSPS) is 19.9. The summed E-state index contributed by atoms with van der Waals surface area (Å²) < 4.78 is 38.5. The highest BCUT2D eigenvalue weighted by Crippen LogP contribution is 2.33. The lowest BCUT2D eigenvalue weighted by molar-refractivity contribution is -0.138. The third kappa shape index (κ3) is 4.20. The molecule has 1 fully saturated rings. The first-order valence-corrected chi connectivity index (χ1v) is 7.10. The van der Waals surface area contributed by atoms with E-state index in [1.54, 1.807) is 0 Å². The topological polar surface area (TPSA) is 41.1 Å².